The largest absolute Gasteiger partial charge is 0.392 e. The molecule has 0 aliphatic carbocycles. The average Bonchev–Trinajstić information content (AvgIpc) is 2.72. The Morgan fingerprint density at radius 3 is 2.65 bits per heavy atom. The third-order valence-corrected chi connectivity index (χ3v) is 4.24. The minimum absolute atomic E-state index is 0.0812. The van der Waals surface area contributed by atoms with Gasteiger partial charge in [0.2, 0.25) is 0 Å². The Morgan fingerprint density at radius 1 is 1.10 bits per heavy atom. The number of halogens is 1. The van der Waals surface area contributed by atoms with E-state index in [1.54, 1.807) is 0 Å². The number of fused-ring (bicyclic) bond motifs is 1. The lowest BCUT2D eigenvalue weighted by molar-refractivity contribution is 0.282. The predicted molar refractivity (Wildman–Crippen MR) is 85.8 cm³/mol. The van der Waals surface area contributed by atoms with Crippen molar-refractivity contribution in [1.82, 2.24) is 4.57 Å². The van der Waals surface area contributed by atoms with Gasteiger partial charge in [0.1, 0.15) is 0 Å². The van der Waals surface area contributed by atoms with E-state index in [2.05, 4.69) is 51.7 Å². The average molecular weight is 330 g/mol. The molecule has 0 aliphatic rings. The van der Waals surface area contributed by atoms with Gasteiger partial charge in [-0.2, -0.15) is 0 Å². The maximum absolute atomic E-state index is 9.62. The number of hydrogen-bond donors (Lipinski definition) is 1. The Balaban J connectivity index is 2.14. The topological polar surface area (TPSA) is 25.2 Å². The summed E-state index contributed by atoms with van der Waals surface area (Å²) < 4.78 is 3.36. The first-order valence-electron chi connectivity index (χ1n) is 6.62. The minimum Gasteiger partial charge on any atom is -0.392 e. The molecule has 0 atom stereocenters. The summed E-state index contributed by atoms with van der Waals surface area (Å²) in [4.78, 5) is 0. The summed E-state index contributed by atoms with van der Waals surface area (Å²) in [7, 11) is 0. The zero-order valence-electron chi connectivity index (χ0n) is 11.3. The van der Waals surface area contributed by atoms with Gasteiger partial charge in [-0.05, 0) is 30.7 Å². The van der Waals surface area contributed by atoms with Crippen LogP contribution in [0.1, 0.15) is 16.8 Å². The van der Waals surface area contributed by atoms with Crippen molar-refractivity contribution < 1.29 is 5.11 Å². The fraction of sp³-hybridized carbons (Fsp3) is 0.176. The van der Waals surface area contributed by atoms with Crippen LogP contribution in [-0.2, 0) is 13.2 Å². The first-order valence-corrected chi connectivity index (χ1v) is 7.42. The summed E-state index contributed by atoms with van der Waals surface area (Å²) in [5, 5.41) is 10.8. The molecule has 1 heterocycles. The van der Waals surface area contributed by atoms with Crippen LogP contribution in [0.5, 0.6) is 0 Å². The van der Waals surface area contributed by atoms with E-state index in [9.17, 15) is 5.11 Å². The molecule has 2 nitrogen and oxygen atoms in total. The smallest absolute Gasteiger partial charge is 0.0705 e. The van der Waals surface area contributed by atoms with E-state index in [1.807, 2.05) is 24.3 Å². The number of aromatic nitrogens is 1. The van der Waals surface area contributed by atoms with Crippen LogP contribution in [0.3, 0.4) is 0 Å². The van der Waals surface area contributed by atoms with E-state index in [1.165, 1.54) is 11.1 Å². The SMILES string of the molecule is Cc1c(CO)c2ccccc2n1Cc1cccc(Br)c1. The molecule has 0 saturated heterocycles. The van der Waals surface area contributed by atoms with Crippen molar-refractivity contribution in [2.75, 3.05) is 0 Å². The zero-order valence-corrected chi connectivity index (χ0v) is 12.9. The van der Waals surface area contributed by atoms with E-state index in [0.29, 0.717) is 0 Å². The van der Waals surface area contributed by atoms with Crippen LogP contribution in [0.2, 0.25) is 0 Å². The summed E-state index contributed by atoms with van der Waals surface area (Å²) >= 11 is 3.51. The van der Waals surface area contributed by atoms with Crippen LogP contribution in [0.4, 0.5) is 0 Å². The van der Waals surface area contributed by atoms with Crippen LogP contribution in [0, 0.1) is 6.92 Å². The van der Waals surface area contributed by atoms with Crippen LogP contribution < -0.4 is 0 Å². The fourth-order valence-corrected chi connectivity index (χ4v) is 3.17. The van der Waals surface area contributed by atoms with Gasteiger partial charge >= 0.3 is 0 Å². The van der Waals surface area contributed by atoms with Gasteiger partial charge in [0.15, 0.2) is 0 Å². The molecule has 2 aromatic carbocycles. The van der Waals surface area contributed by atoms with Crippen LogP contribution in [0.25, 0.3) is 10.9 Å². The molecule has 3 rings (SSSR count). The molecular weight excluding hydrogens is 314 g/mol. The molecule has 0 saturated carbocycles. The molecule has 0 spiro atoms. The second kappa shape index (κ2) is 5.43. The monoisotopic (exact) mass is 329 g/mol. The molecule has 0 fully saturated rings. The zero-order chi connectivity index (χ0) is 14.1. The summed E-state index contributed by atoms with van der Waals surface area (Å²) in [6.45, 7) is 2.97. The fourth-order valence-electron chi connectivity index (χ4n) is 2.72. The van der Waals surface area contributed by atoms with Gasteiger partial charge in [-0.15, -0.1) is 0 Å². The van der Waals surface area contributed by atoms with Crippen molar-refractivity contribution in [3.05, 3.63) is 69.8 Å². The molecule has 0 radical (unpaired) electrons. The highest BCUT2D eigenvalue weighted by Crippen LogP contribution is 2.27. The molecule has 0 amide bonds. The summed E-state index contributed by atoms with van der Waals surface area (Å²) in [6.07, 6.45) is 0. The van der Waals surface area contributed by atoms with E-state index < -0.39 is 0 Å². The highest BCUT2D eigenvalue weighted by Gasteiger charge is 2.12. The van der Waals surface area contributed by atoms with Crippen molar-refractivity contribution in [3.63, 3.8) is 0 Å². The maximum atomic E-state index is 9.62. The van der Waals surface area contributed by atoms with Gasteiger partial charge in [0.05, 0.1) is 6.61 Å². The first-order chi connectivity index (χ1) is 9.70. The number of para-hydroxylation sites is 1. The number of rotatable bonds is 3. The molecule has 0 unspecified atom stereocenters. The Morgan fingerprint density at radius 2 is 1.90 bits per heavy atom. The Labute approximate surface area is 126 Å². The van der Waals surface area contributed by atoms with E-state index in [4.69, 9.17) is 0 Å². The minimum atomic E-state index is 0.0812. The Kier molecular flexibility index (Phi) is 3.64. The quantitative estimate of drug-likeness (QED) is 0.763. The summed E-state index contributed by atoms with van der Waals surface area (Å²) in [5.41, 5.74) is 4.58. The molecule has 20 heavy (non-hydrogen) atoms. The van der Waals surface area contributed by atoms with Crippen molar-refractivity contribution >= 4 is 26.8 Å². The van der Waals surface area contributed by atoms with Crippen LogP contribution in [-0.4, -0.2) is 9.67 Å². The predicted octanol–water partition coefficient (Wildman–Crippen LogP) is 4.25. The van der Waals surface area contributed by atoms with Gasteiger partial charge < -0.3 is 9.67 Å². The Bertz CT molecular complexity index is 761. The van der Waals surface area contributed by atoms with Gasteiger partial charge in [0, 0.05) is 33.2 Å². The van der Waals surface area contributed by atoms with Gasteiger partial charge in [-0.1, -0.05) is 46.3 Å². The lowest BCUT2D eigenvalue weighted by Gasteiger charge is -2.09. The number of hydrogen-bond acceptors (Lipinski definition) is 1. The third kappa shape index (κ3) is 2.28. The maximum Gasteiger partial charge on any atom is 0.0705 e. The second-order valence-corrected chi connectivity index (χ2v) is 5.87. The van der Waals surface area contributed by atoms with Crippen molar-refractivity contribution in [1.29, 1.82) is 0 Å². The Hall–Kier alpha value is -1.58. The van der Waals surface area contributed by atoms with Crippen molar-refractivity contribution in [2.24, 2.45) is 0 Å². The molecule has 102 valence electrons. The number of benzene rings is 2. The molecule has 0 bridgehead atoms. The highest BCUT2D eigenvalue weighted by atomic mass is 79.9. The van der Waals surface area contributed by atoms with Crippen molar-refractivity contribution in [2.45, 2.75) is 20.1 Å². The molecule has 1 aromatic heterocycles. The molecule has 3 heteroatoms. The standard InChI is InChI=1S/C17H16BrNO/c1-12-16(11-20)15-7-2-3-8-17(15)19(12)10-13-5-4-6-14(18)9-13/h2-9,20H,10-11H2,1H3. The molecule has 3 aromatic rings. The number of aliphatic hydroxyl groups is 1. The van der Waals surface area contributed by atoms with Crippen molar-refractivity contribution in [3.8, 4) is 0 Å². The van der Waals surface area contributed by atoms with E-state index in [0.717, 1.165) is 27.7 Å². The second-order valence-electron chi connectivity index (χ2n) is 4.96. The lowest BCUT2D eigenvalue weighted by Crippen LogP contribution is -2.02. The van der Waals surface area contributed by atoms with E-state index in [-0.39, 0.29) is 6.61 Å². The van der Waals surface area contributed by atoms with Crippen LogP contribution in [0.15, 0.2) is 53.0 Å². The van der Waals surface area contributed by atoms with Gasteiger partial charge in [-0.25, -0.2) is 0 Å². The summed E-state index contributed by atoms with van der Waals surface area (Å²) in [5.74, 6) is 0. The lowest BCUT2D eigenvalue weighted by atomic mass is 10.1. The van der Waals surface area contributed by atoms with Gasteiger partial charge in [-0.3, -0.25) is 0 Å². The van der Waals surface area contributed by atoms with E-state index >= 15 is 0 Å². The van der Waals surface area contributed by atoms with Gasteiger partial charge in [0.25, 0.3) is 0 Å². The first kappa shape index (κ1) is 13.4. The normalized spacial score (nSPS) is 11.2. The number of nitrogens with zero attached hydrogens (tertiary/aromatic N) is 1. The summed E-state index contributed by atoms with van der Waals surface area (Å²) in [6, 6.07) is 16.6. The number of aliphatic hydroxyl groups excluding tert-OH is 1. The molecule has 1 N–H and O–H groups in total. The third-order valence-electron chi connectivity index (χ3n) is 3.75. The molecule has 0 aliphatic heterocycles. The van der Waals surface area contributed by atoms with Crippen LogP contribution >= 0.6 is 15.9 Å². The molecular formula is C17H16BrNO. The highest BCUT2D eigenvalue weighted by molar-refractivity contribution is 9.10.